The smallest absolute Gasteiger partial charge is 0.329 e. The molecule has 0 saturated carbocycles. The molecule has 0 unspecified atom stereocenters. The van der Waals surface area contributed by atoms with E-state index in [-0.39, 0.29) is 24.8 Å². The molecule has 2 rings (SSSR count). The molecular weight excluding hydrogens is 315 g/mol. The molecule has 1 N–H and O–H groups in total. The number of carbonyl (C=O) groups is 1. The lowest BCUT2D eigenvalue weighted by atomic mass is 10.1. The van der Waals surface area contributed by atoms with E-state index in [4.69, 9.17) is 4.84 Å². The SMILES string of the molecule is C=CCONC(=O)Cc1ccc(-c2noc(C(F)(F)F)n2)cc1. The zero-order valence-corrected chi connectivity index (χ0v) is 11.8. The molecule has 1 amide bonds. The summed E-state index contributed by atoms with van der Waals surface area (Å²) in [6.07, 6.45) is -3.15. The zero-order valence-electron chi connectivity index (χ0n) is 11.8. The molecular formula is C14H12F3N3O3. The highest BCUT2D eigenvalue weighted by Gasteiger charge is 2.38. The number of hydroxylamine groups is 1. The van der Waals surface area contributed by atoms with Crippen molar-refractivity contribution in [2.75, 3.05) is 6.61 Å². The summed E-state index contributed by atoms with van der Waals surface area (Å²) in [5.74, 6) is -1.95. The van der Waals surface area contributed by atoms with Crippen molar-refractivity contribution >= 4 is 5.91 Å². The molecule has 122 valence electrons. The number of alkyl halides is 3. The van der Waals surface area contributed by atoms with E-state index in [1.54, 1.807) is 12.1 Å². The molecule has 0 saturated heterocycles. The predicted octanol–water partition coefficient (Wildman–Crippen LogP) is 2.53. The maximum Gasteiger partial charge on any atom is 0.471 e. The Labute approximate surface area is 128 Å². The second-order valence-electron chi connectivity index (χ2n) is 4.42. The first-order valence-electron chi connectivity index (χ1n) is 6.42. The van der Waals surface area contributed by atoms with E-state index in [1.807, 2.05) is 0 Å². The lowest BCUT2D eigenvalue weighted by molar-refractivity contribution is -0.159. The van der Waals surface area contributed by atoms with Gasteiger partial charge in [-0.05, 0) is 5.56 Å². The Hall–Kier alpha value is -2.68. The molecule has 1 aromatic carbocycles. The monoisotopic (exact) mass is 327 g/mol. The van der Waals surface area contributed by atoms with Crippen molar-refractivity contribution in [1.29, 1.82) is 0 Å². The average Bonchev–Trinajstić information content (AvgIpc) is 2.98. The van der Waals surface area contributed by atoms with Crippen LogP contribution in [-0.2, 0) is 22.2 Å². The van der Waals surface area contributed by atoms with Crippen LogP contribution in [0.3, 0.4) is 0 Å². The minimum atomic E-state index is -4.69. The fraction of sp³-hybridized carbons (Fsp3) is 0.214. The van der Waals surface area contributed by atoms with Crippen molar-refractivity contribution < 1.29 is 27.3 Å². The molecule has 2 aromatic rings. The number of aromatic nitrogens is 2. The van der Waals surface area contributed by atoms with Crippen LogP contribution in [0.4, 0.5) is 13.2 Å². The van der Waals surface area contributed by atoms with Crippen molar-refractivity contribution in [2.24, 2.45) is 0 Å². The van der Waals surface area contributed by atoms with Gasteiger partial charge in [-0.15, -0.1) is 6.58 Å². The second kappa shape index (κ2) is 7.05. The molecule has 0 aliphatic heterocycles. The summed E-state index contributed by atoms with van der Waals surface area (Å²) in [4.78, 5) is 19.6. The number of hydrogen-bond donors (Lipinski definition) is 1. The third kappa shape index (κ3) is 4.65. The van der Waals surface area contributed by atoms with Crippen molar-refractivity contribution in [3.05, 3.63) is 48.4 Å². The Morgan fingerprint density at radius 3 is 2.61 bits per heavy atom. The van der Waals surface area contributed by atoms with Gasteiger partial charge in [-0.25, -0.2) is 5.48 Å². The van der Waals surface area contributed by atoms with Gasteiger partial charge in [0.25, 0.3) is 0 Å². The molecule has 0 atom stereocenters. The first-order valence-corrected chi connectivity index (χ1v) is 6.42. The summed E-state index contributed by atoms with van der Waals surface area (Å²) >= 11 is 0. The molecule has 1 aromatic heterocycles. The number of hydrogen-bond acceptors (Lipinski definition) is 5. The summed E-state index contributed by atoms with van der Waals surface area (Å²) in [7, 11) is 0. The molecule has 1 heterocycles. The number of nitrogens with one attached hydrogen (secondary N) is 1. The van der Waals surface area contributed by atoms with Crippen LogP contribution < -0.4 is 5.48 Å². The Morgan fingerprint density at radius 2 is 2.04 bits per heavy atom. The van der Waals surface area contributed by atoms with Crippen molar-refractivity contribution in [3.8, 4) is 11.4 Å². The van der Waals surface area contributed by atoms with Crippen LogP contribution in [0.1, 0.15) is 11.5 Å². The normalized spacial score (nSPS) is 11.3. The fourth-order valence-electron chi connectivity index (χ4n) is 1.63. The van der Waals surface area contributed by atoms with Gasteiger partial charge in [0, 0.05) is 5.56 Å². The molecule has 0 aliphatic carbocycles. The van der Waals surface area contributed by atoms with Gasteiger partial charge in [0.05, 0.1) is 13.0 Å². The molecule has 0 bridgehead atoms. The van der Waals surface area contributed by atoms with Gasteiger partial charge in [-0.1, -0.05) is 35.5 Å². The third-order valence-electron chi connectivity index (χ3n) is 2.63. The van der Waals surface area contributed by atoms with Crippen LogP contribution >= 0.6 is 0 Å². The van der Waals surface area contributed by atoms with Gasteiger partial charge in [-0.3, -0.25) is 9.63 Å². The van der Waals surface area contributed by atoms with E-state index in [0.717, 1.165) is 0 Å². The summed E-state index contributed by atoms with van der Waals surface area (Å²) < 4.78 is 41.3. The largest absolute Gasteiger partial charge is 0.471 e. The molecule has 0 spiro atoms. The Kier molecular flexibility index (Phi) is 5.12. The van der Waals surface area contributed by atoms with E-state index in [9.17, 15) is 18.0 Å². The van der Waals surface area contributed by atoms with Crippen molar-refractivity contribution in [3.63, 3.8) is 0 Å². The summed E-state index contributed by atoms with van der Waals surface area (Å²) in [5, 5.41) is 3.28. The topological polar surface area (TPSA) is 77.2 Å². The fourth-order valence-corrected chi connectivity index (χ4v) is 1.63. The van der Waals surface area contributed by atoms with Crippen molar-refractivity contribution in [2.45, 2.75) is 12.6 Å². The van der Waals surface area contributed by atoms with E-state index in [1.165, 1.54) is 18.2 Å². The molecule has 0 fully saturated rings. The van der Waals surface area contributed by atoms with E-state index >= 15 is 0 Å². The number of carbonyl (C=O) groups excluding carboxylic acids is 1. The highest BCUT2D eigenvalue weighted by atomic mass is 19.4. The Bertz CT molecular complexity index is 681. The highest BCUT2D eigenvalue weighted by molar-refractivity contribution is 5.77. The zero-order chi connectivity index (χ0) is 16.9. The van der Waals surface area contributed by atoms with Crippen LogP contribution in [0, 0.1) is 0 Å². The van der Waals surface area contributed by atoms with Crippen LogP contribution in [0.2, 0.25) is 0 Å². The standard InChI is InChI=1S/C14H12F3N3O3/c1-2-7-22-19-11(21)8-9-3-5-10(6-4-9)12-18-13(23-20-12)14(15,16)17/h2-6H,1,7-8H2,(H,19,21). The maximum absolute atomic E-state index is 12.4. The van der Waals surface area contributed by atoms with Crippen molar-refractivity contribution in [1.82, 2.24) is 15.6 Å². The first kappa shape index (κ1) is 16.7. The first-order chi connectivity index (χ1) is 10.9. The molecule has 0 aliphatic rings. The number of rotatable bonds is 6. The summed E-state index contributed by atoms with van der Waals surface area (Å²) in [5.41, 5.74) is 3.21. The quantitative estimate of drug-likeness (QED) is 0.501. The number of amides is 1. The van der Waals surface area contributed by atoms with Crippen LogP contribution in [-0.4, -0.2) is 22.7 Å². The molecule has 23 heavy (non-hydrogen) atoms. The minimum Gasteiger partial charge on any atom is -0.329 e. The number of benzene rings is 1. The van der Waals surface area contributed by atoms with Crippen LogP contribution in [0.15, 0.2) is 41.4 Å². The van der Waals surface area contributed by atoms with Gasteiger partial charge >= 0.3 is 12.1 Å². The van der Waals surface area contributed by atoms with E-state index < -0.39 is 12.1 Å². The molecule has 0 radical (unpaired) electrons. The Morgan fingerprint density at radius 1 is 1.35 bits per heavy atom. The maximum atomic E-state index is 12.4. The van der Waals surface area contributed by atoms with Gasteiger partial charge in [0.15, 0.2) is 0 Å². The minimum absolute atomic E-state index is 0.0530. The molecule has 9 heteroatoms. The lowest BCUT2D eigenvalue weighted by Gasteiger charge is -2.04. The average molecular weight is 327 g/mol. The third-order valence-corrected chi connectivity index (χ3v) is 2.63. The number of nitrogens with zero attached hydrogens (tertiary/aromatic N) is 2. The Balaban J connectivity index is 2.00. The van der Waals surface area contributed by atoms with E-state index in [0.29, 0.717) is 11.1 Å². The highest BCUT2D eigenvalue weighted by Crippen LogP contribution is 2.29. The van der Waals surface area contributed by atoms with Crippen LogP contribution in [0.5, 0.6) is 0 Å². The molecule has 6 nitrogen and oxygen atoms in total. The van der Waals surface area contributed by atoms with Crippen LogP contribution in [0.25, 0.3) is 11.4 Å². The van der Waals surface area contributed by atoms with Gasteiger partial charge in [-0.2, -0.15) is 18.2 Å². The van der Waals surface area contributed by atoms with Gasteiger partial charge in [0.1, 0.15) is 0 Å². The predicted molar refractivity (Wildman–Crippen MR) is 72.7 cm³/mol. The second-order valence-corrected chi connectivity index (χ2v) is 4.42. The van der Waals surface area contributed by atoms with Gasteiger partial charge < -0.3 is 4.52 Å². The number of halogens is 3. The lowest BCUT2D eigenvalue weighted by Crippen LogP contribution is -2.25. The summed E-state index contributed by atoms with van der Waals surface area (Å²) in [6, 6.07) is 6.15. The summed E-state index contributed by atoms with van der Waals surface area (Å²) in [6.45, 7) is 3.62. The van der Waals surface area contributed by atoms with Gasteiger partial charge in [0.2, 0.25) is 11.7 Å². The van der Waals surface area contributed by atoms with E-state index in [2.05, 4.69) is 26.7 Å².